The molecule has 12 heteroatoms. The number of carboxylic acids is 1. The predicted octanol–water partition coefficient (Wildman–Crippen LogP) is 3.19. The van der Waals surface area contributed by atoms with Gasteiger partial charge in [0.05, 0.1) is 19.2 Å². The van der Waals surface area contributed by atoms with Crippen LogP contribution < -0.4 is 10.1 Å². The summed E-state index contributed by atoms with van der Waals surface area (Å²) in [4.78, 5) is 39.5. The van der Waals surface area contributed by atoms with Gasteiger partial charge in [0.15, 0.2) is 5.78 Å². The van der Waals surface area contributed by atoms with Gasteiger partial charge in [-0.05, 0) is 62.2 Å². The number of likely N-dealkylation sites (tertiary alicyclic amines) is 1. The van der Waals surface area contributed by atoms with Crippen molar-refractivity contribution < 1.29 is 41.8 Å². The number of rotatable bonds is 7. The van der Waals surface area contributed by atoms with Gasteiger partial charge in [0.1, 0.15) is 5.82 Å². The highest BCUT2D eigenvalue weighted by molar-refractivity contribution is 5.97. The molecule has 2 aromatic rings. The molecule has 1 amide bonds. The number of aromatic nitrogens is 1. The van der Waals surface area contributed by atoms with Crippen LogP contribution in [0.3, 0.4) is 0 Å². The van der Waals surface area contributed by atoms with Gasteiger partial charge in [0, 0.05) is 24.4 Å². The molecule has 0 spiro atoms. The molecular weight excluding hydrogens is 474 g/mol. The van der Waals surface area contributed by atoms with Gasteiger partial charge >= 0.3 is 12.1 Å². The average molecular weight is 499 g/mol. The lowest BCUT2D eigenvalue weighted by atomic mass is 9.96. The van der Waals surface area contributed by atoms with Crippen LogP contribution in [-0.2, 0) is 4.79 Å². The van der Waals surface area contributed by atoms with Crippen molar-refractivity contribution in [2.24, 2.45) is 5.92 Å². The number of hydrogen-bond acceptors (Lipinski definition) is 6. The first-order valence-electron chi connectivity index (χ1n) is 10.6. The highest BCUT2D eigenvalue weighted by Crippen LogP contribution is 2.17. The van der Waals surface area contributed by atoms with E-state index in [2.05, 4.69) is 15.2 Å². The molecule has 0 atom stereocenters. The monoisotopic (exact) mass is 499 g/mol. The van der Waals surface area contributed by atoms with Crippen molar-refractivity contribution in [1.82, 2.24) is 15.2 Å². The molecule has 0 bridgehead atoms. The molecule has 1 aliphatic heterocycles. The molecule has 35 heavy (non-hydrogen) atoms. The van der Waals surface area contributed by atoms with Gasteiger partial charge in [-0.15, -0.1) is 0 Å². The molecule has 0 radical (unpaired) electrons. The highest BCUT2D eigenvalue weighted by atomic mass is 19.4. The first-order chi connectivity index (χ1) is 16.5. The van der Waals surface area contributed by atoms with Crippen molar-refractivity contribution >= 4 is 17.7 Å². The Hall–Kier alpha value is -3.54. The van der Waals surface area contributed by atoms with Crippen LogP contribution >= 0.6 is 0 Å². The van der Waals surface area contributed by atoms with Crippen molar-refractivity contribution in [2.75, 3.05) is 33.3 Å². The Morgan fingerprint density at radius 1 is 1.09 bits per heavy atom. The Kier molecular flexibility index (Phi) is 10.1. The van der Waals surface area contributed by atoms with Gasteiger partial charge in [0.2, 0.25) is 5.88 Å². The van der Waals surface area contributed by atoms with E-state index in [0.29, 0.717) is 36.0 Å². The number of aliphatic carboxylic acids is 1. The molecule has 190 valence electrons. The van der Waals surface area contributed by atoms with E-state index in [-0.39, 0.29) is 17.5 Å². The number of nitrogens with one attached hydrogen (secondary N) is 1. The molecule has 3 rings (SSSR count). The fourth-order valence-corrected chi connectivity index (χ4v) is 3.25. The molecule has 0 saturated carbocycles. The van der Waals surface area contributed by atoms with Crippen molar-refractivity contribution in [2.45, 2.75) is 19.0 Å². The molecule has 8 nitrogen and oxygen atoms in total. The number of ketones is 1. The Bertz CT molecular complexity index is 990. The highest BCUT2D eigenvalue weighted by Gasteiger charge is 2.38. The number of carboxylic acid groups (broad SMARTS) is 1. The summed E-state index contributed by atoms with van der Waals surface area (Å²) in [7, 11) is 1.53. The number of methoxy groups -OCH3 is 1. The molecule has 1 aromatic heterocycles. The van der Waals surface area contributed by atoms with Gasteiger partial charge < -0.3 is 15.2 Å². The average Bonchev–Trinajstić information content (AvgIpc) is 2.83. The Labute approximate surface area is 198 Å². The van der Waals surface area contributed by atoms with Gasteiger partial charge in [-0.25, -0.2) is 14.2 Å². The van der Waals surface area contributed by atoms with Crippen molar-refractivity contribution in [3.8, 4) is 5.88 Å². The van der Waals surface area contributed by atoms with Crippen LogP contribution in [0, 0.1) is 11.7 Å². The number of carbonyl (C=O) groups excluding carboxylic acids is 2. The molecule has 2 heterocycles. The van der Waals surface area contributed by atoms with E-state index in [1.807, 2.05) is 0 Å². The number of ether oxygens (including phenoxy) is 1. The number of carbonyl (C=O) groups is 3. The summed E-state index contributed by atoms with van der Waals surface area (Å²) in [6, 6.07) is 9.00. The van der Waals surface area contributed by atoms with E-state index in [0.717, 1.165) is 25.9 Å². The summed E-state index contributed by atoms with van der Waals surface area (Å²) in [6.45, 7) is 2.54. The molecule has 0 unspecified atom stereocenters. The second-order valence-electron chi connectivity index (χ2n) is 7.75. The smallest absolute Gasteiger partial charge is 0.481 e. The Balaban J connectivity index is 0.000000540. The number of halogens is 4. The maximum Gasteiger partial charge on any atom is 0.490 e. The lowest BCUT2D eigenvalue weighted by Gasteiger charge is -2.31. The summed E-state index contributed by atoms with van der Waals surface area (Å²) in [5.74, 6) is -2.40. The van der Waals surface area contributed by atoms with E-state index in [9.17, 15) is 27.2 Å². The molecule has 1 aromatic carbocycles. The zero-order valence-electron chi connectivity index (χ0n) is 18.8. The quantitative estimate of drug-likeness (QED) is 0.445. The third-order valence-corrected chi connectivity index (χ3v) is 5.24. The minimum absolute atomic E-state index is 0.00115. The van der Waals surface area contributed by atoms with Crippen molar-refractivity contribution in [3.63, 3.8) is 0 Å². The van der Waals surface area contributed by atoms with Crippen LogP contribution in [0.2, 0.25) is 0 Å². The van der Waals surface area contributed by atoms with Crippen LogP contribution in [0.25, 0.3) is 0 Å². The zero-order chi connectivity index (χ0) is 26.0. The van der Waals surface area contributed by atoms with E-state index in [1.54, 1.807) is 12.1 Å². The summed E-state index contributed by atoms with van der Waals surface area (Å²) >= 11 is 0. The number of nitrogens with zero attached hydrogens (tertiary/aromatic N) is 2. The lowest BCUT2D eigenvalue weighted by molar-refractivity contribution is -0.192. The minimum Gasteiger partial charge on any atom is -0.481 e. The first kappa shape index (κ1) is 27.7. The van der Waals surface area contributed by atoms with Gasteiger partial charge in [-0.1, -0.05) is 0 Å². The van der Waals surface area contributed by atoms with E-state index in [1.165, 1.54) is 37.6 Å². The Morgan fingerprint density at radius 2 is 1.66 bits per heavy atom. The van der Waals surface area contributed by atoms with Gasteiger partial charge in [-0.3, -0.25) is 14.5 Å². The summed E-state index contributed by atoms with van der Waals surface area (Å²) < 4.78 is 49.7. The van der Waals surface area contributed by atoms with Gasteiger partial charge in [-0.2, -0.15) is 13.2 Å². The molecule has 1 saturated heterocycles. The number of hydrogen-bond donors (Lipinski definition) is 2. The Morgan fingerprint density at radius 3 is 2.14 bits per heavy atom. The van der Waals surface area contributed by atoms with Crippen molar-refractivity contribution in [3.05, 3.63) is 59.5 Å². The number of amides is 1. The zero-order valence-corrected chi connectivity index (χ0v) is 18.8. The fourth-order valence-electron chi connectivity index (χ4n) is 3.25. The summed E-state index contributed by atoms with van der Waals surface area (Å²) in [5, 5.41) is 10.1. The number of pyridine rings is 1. The van der Waals surface area contributed by atoms with Crippen LogP contribution in [0.4, 0.5) is 17.6 Å². The molecular formula is C23H25F4N3O5. The number of benzene rings is 1. The van der Waals surface area contributed by atoms with Crippen LogP contribution in [0.1, 0.15) is 33.6 Å². The summed E-state index contributed by atoms with van der Waals surface area (Å²) in [5.41, 5.74) is 1.03. The maximum atomic E-state index is 13.0. The third kappa shape index (κ3) is 9.32. The molecule has 0 aliphatic carbocycles. The van der Waals surface area contributed by atoms with Crippen molar-refractivity contribution in [1.29, 1.82) is 0 Å². The first-order valence-corrected chi connectivity index (χ1v) is 10.6. The molecule has 1 aliphatic rings. The normalized spacial score (nSPS) is 14.4. The van der Waals surface area contributed by atoms with Crippen LogP contribution in [0.15, 0.2) is 42.6 Å². The molecule has 1 fully saturated rings. The largest absolute Gasteiger partial charge is 0.490 e. The van der Waals surface area contributed by atoms with Crippen LogP contribution in [-0.4, -0.2) is 72.1 Å². The third-order valence-electron chi connectivity index (χ3n) is 5.24. The number of Topliss-reactive ketones (excluding diaryl/α,β-unsaturated/α-hetero) is 1. The fraction of sp³-hybridized carbons (Fsp3) is 0.391. The number of alkyl halides is 3. The minimum atomic E-state index is -5.08. The standard InChI is InChI=1S/C21H24FN3O3.C2HF3O2/c1-28-20-7-4-17(13-23-20)21(27)24-12-15-8-10-25(11-9-15)14-19(26)16-2-5-18(22)6-3-16;3-2(4,5)1(6)7/h2-7,13,15H,8-12,14H2,1H3,(H,24,27);(H,6,7). The SMILES string of the molecule is COc1ccc(C(=O)NCC2CCN(CC(=O)c3ccc(F)cc3)CC2)cn1.O=C(O)C(F)(F)F. The maximum absolute atomic E-state index is 13.0. The van der Waals surface area contributed by atoms with Crippen LogP contribution in [0.5, 0.6) is 5.88 Å². The van der Waals surface area contributed by atoms with E-state index < -0.39 is 12.1 Å². The second-order valence-corrected chi connectivity index (χ2v) is 7.75. The second kappa shape index (κ2) is 12.8. The predicted molar refractivity (Wildman–Crippen MR) is 117 cm³/mol. The topological polar surface area (TPSA) is 109 Å². The van der Waals surface area contributed by atoms with E-state index >= 15 is 0 Å². The van der Waals surface area contributed by atoms with E-state index in [4.69, 9.17) is 14.6 Å². The molecule has 2 N–H and O–H groups in total. The lowest BCUT2D eigenvalue weighted by Crippen LogP contribution is -2.40. The number of piperidine rings is 1. The summed E-state index contributed by atoms with van der Waals surface area (Å²) in [6.07, 6.45) is -1.76. The van der Waals surface area contributed by atoms with Gasteiger partial charge in [0.25, 0.3) is 5.91 Å².